The average Bonchev–Trinajstić information content (AvgIpc) is 2.96. The van der Waals surface area contributed by atoms with Crippen molar-refractivity contribution in [3.8, 4) is 5.75 Å². The van der Waals surface area contributed by atoms with Gasteiger partial charge in [-0.25, -0.2) is 12.8 Å². The van der Waals surface area contributed by atoms with Crippen LogP contribution in [0.25, 0.3) is 0 Å². The predicted octanol–water partition coefficient (Wildman–Crippen LogP) is 4.65. The Morgan fingerprint density at radius 2 is 1.56 bits per heavy atom. The summed E-state index contributed by atoms with van der Waals surface area (Å²) in [5.41, 5.74) is 1.20. The Hall–Kier alpha value is -3.92. The fraction of sp³-hybridized carbons (Fsp3) is 0.355. The summed E-state index contributed by atoms with van der Waals surface area (Å²) in [7, 11) is -4.28. The Morgan fingerprint density at radius 1 is 0.927 bits per heavy atom. The highest BCUT2D eigenvalue weighted by Crippen LogP contribution is 2.26. The molecule has 0 aliphatic carbocycles. The van der Waals surface area contributed by atoms with Crippen LogP contribution in [-0.4, -0.2) is 57.4 Å². The van der Waals surface area contributed by atoms with Crippen LogP contribution in [0.3, 0.4) is 0 Å². The maximum atomic E-state index is 13.9. The number of carbonyl (C=O) groups is 2. The molecule has 8 nitrogen and oxygen atoms in total. The fourth-order valence-electron chi connectivity index (χ4n) is 4.16. The van der Waals surface area contributed by atoms with E-state index in [1.54, 1.807) is 31.2 Å². The maximum Gasteiger partial charge on any atom is 0.264 e. The van der Waals surface area contributed by atoms with E-state index in [2.05, 4.69) is 5.32 Å². The second kappa shape index (κ2) is 14.6. The Labute approximate surface area is 242 Å². The first-order chi connectivity index (χ1) is 19.5. The van der Waals surface area contributed by atoms with Gasteiger partial charge in [-0.05, 0) is 80.3 Å². The fourth-order valence-corrected chi connectivity index (χ4v) is 5.57. The highest BCUT2D eigenvalue weighted by molar-refractivity contribution is 7.92. The van der Waals surface area contributed by atoms with Crippen molar-refractivity contribution in [1.82, 2.24) is 10.2 Å². The van der Waals surface area contributed by atoms with Gasteiger partial charge in [0.25, 0.3) is 10.0 Å². The zero-order valence-corrected chi connectivity index (χ0v) is 24.7. The third kappa shape index (κ3) is 8.78. The lowest BCUT2D eigenvalue weighted by Gasteiger charge is -2.32. The molecule has 1 atom stereocenters. The van der Waals surface area contributed by atoms with E-state index in [1.807, 2.05) is 51.1 Å². The number of benzene rings is 3. The van der Waals surface area contributed by atoms with Crippen LogP contribution in [0.2, 0.25) is 0 Å². The van der Waals surface area contributed by atoms with Crippen molar-refractivity contribution in [2.75, 3.05) is 30.5 Å². The lowest BCUT2D eigenvalue weighted by Crippen LogP contribution is -2.52. The second-order valence-electron chi connectivity index (χ2n) is 10.0. The predicted molar refractivity (Wildman–Crippen MR) is 158 cm³/mol. The van der Waals surface area contributed by atoms with Crippen LogP contribution in [0.1, 0.15) is 33.3 Å². The maximum absolute atomic E-state index is 13.9. The van der Waals surface area contributed by atoms with Crippen molar-refractivity contribution in [1.29, 1.82) is 0 Å². The molecule has 0 fully saturated rings. The molecule has 0 radical (unpaired) electrons. The number of rotatable bonds is 14. The summed E-state index contributed by atoms with van der Waals surface area (Å²) >= 11 is 0. The molecular weight excluding hydrogens is 545 g/mol. The van der Waals surface area contributed by atoms with Gasteiger partial charge in [-0.2, -0.15) is 0 Å². The van der Waals surface area contributed by atoms with Crippen molar-refractivity contribution in [3.05, 3.63) is 90.2 Å². The first-order valence-electron chi connectivity index (χ1n) is 13.6. The summed E-state index contributed by atoms with van der Waals surface area (Å²) in [5, 5.41) is 2.87. The number of nitrogens with one attached hydrogen (secondary N) is 1. The molecule has 0 aromatic heterocycles. The average molecular weight is 584 g/mol. The van der Waals surface area contributed by atoms with E-state index < -0.39 is 34.3 Å². The number of carbonyl (C=O) groups excluding carboxylic acids is 2. The van der Waals surface area contributed by atoms with Gasteiger partial charge in [-0.15, -0.1) is 0 Å². The van der Waals surface area contributed by atoms with Gasteiger partial charge >= 0.3 is 0 Å². The Kier molecular flexibility index (Phi) is 11.3. The highest BCUT2D eigenvalue weighted by atomic mass is 32.2. The highest BCUT2D eigenvalue weighted by Gasteiger charge is 2.32. The van der Waals surface area contributed by atoms with Crippen LogP contribution in [0.4, 0.5) is 10.1 Å². The number of halogens is 1. The van der Waals surface area contributed by atoms with E-state index in [-0.39, 0.29) is 29.0 Å². The zero-order valence-electron chi connectivity index (χ0n) is 23.9. The van der Waals surface area contributed by atoms with Crippen molar-refractivity contribution in [3.63, 3.8) is 0 Å². The molecule has 0 spiro atoms. The number of nitrogens with zero attached hydrogens (tertiary/aromatic N) is 2. The first kappa shape index (κ1) is 31.6. The molecule has 220 valence electrons. The van der Waals surface area contributed by atoms with Crippen LogP contribution in [0.5, 0.6) is 5.75 Å². The second-order valence-corrected chi connectivity index (χ2v) is 11.9. The van der Waals surface area contributed by atoms with E-state index in [0.717, 1.165) is 34.1 Å². The summed E-state index contributed by atoms with van der Waals surface area (Å²) in [6, 6.07) is 19.4. The number of hydrogen-bond donors (Lipinski definition) is 1. The number of hydrogen-bond acceptors (Lipinski definition) is 5. The molecule has 0 saturated heterocycles. The molecule has 0 unspecified atom stereocenters. The molecule has 3 aromatic carbocycles. The van der Waals surface area contributed by atoms with Crippen molar-refractivity contribution >= 4 is 27.5 Å². The minimum Gasteiger partial charge on any atom is -0.494 e. The third-order valence-electron chi connectivity index (χ3n) is 6.45. The first-order valence-corrected chi connectivity index (χ1v) is 15.1. The SMILES string of the molecule is CCOc1ccc(N(CC(=O)N(CCc2ccccc2)[C@H](C)C(=O)NCC(C)C)S(=O)(=O)c2ccc(F)cc2)cc1. The van der Waals surface area contributed by atoms with Crippen LogP contribution < -0.4 is 14.4 Å². The molecule has 0 aliphatic heterocycles. The molecule has 10 heteroatoms. The molecule has 3 aromatic rings. The normalized spacial score (nSPS) is 12.0. The topological polar surface area (TPSA) is 96.0 Å². The van der Waals surface area contributed by atoms with Crippen molar-refractivity contribution in [2.45, 2.75) is 45.1 Å². The number of amides is 2. The standard InChI is InChI=1S/C31H38FN3O5S/c1-5-40-28-15-13-27(14-16-28)35(41(38,39)29-17-11-26(32)12-18-29)22-30(36)34(20-19-25-9-7-6-8-10-25)24(4)31(37)33-21-23(2)3/h6-18,23-24H,5,19-22H2,1-4H3,(H,33,37)/t24-/m1/s1. The summed E-state index contributed by atoms with van der Waals surface area (Å²) in [6.45, 7) is 7.92. The monoisotopic (exact) mass is 583 g/mol. The lowest BCUT2D eigenvalue weighted by molar-refractivity contribution is -0.138. The molecule has 41 heavy (non-hydrogen) atoms. The molecule has 2 amide bonds. The molecule has 0 aliphatic rings. The Morgan fingerprint density at radius 3 is 2.15 bits per heavy atom. The Bertz CT molecular complexity index is 1380. The smallest absolute Gasteiger partial charge is 0.264 e. The third-order valence-corrected chi connectivity index (χ3v) is 8.24. The number of sulfonamides is 1. The van der Waals surface area contributed by atoms with Gasteiger partial charge in [0.05, 0.1) is 17.2 Å². The van der Waals surface area contributed by atoms with Crippen LogP contribution in [0.15, 0.2) is 83.8 Å². The van der Waals surface area contributed by atoms with Crippen molar-refractivity contribution < 1.29 is 27.1 Å². The van der Waals surface area contributed by atoms with Crippen LogP contribution >= 0.6 is 0 Å². The molecule has 0 heterocycles. The minimum atomic E-state index is -4.28. The zero-order chi connectivity index (χ0) is 30.0. The van der Waals surface area contributed by atoms with Gasteiger partial charge in [0.15, 0.2) is 0 Å². The van der Waals surface area contributed by atoms with Crippen LogP contribution in [0, 0.1) is 11.7 Å². The van der Waals surface area contributed by atoms with Gasteiger partial charge in [-0.1, -0.05) is 44.2 Å². The van der Waals surface area contributed by atoms with Gasteiger partial charge < -0.3 is 15.0 Å². The van der Waals surface area contributed by atoms with Gasteiger partial charge in [0, 0.05) is 13.1 Å². The van der Waals surface area contributed by atoms with Crippen molar-refractivity contribution in [2.24, 2.45) is 5.92 Å². The van der Waals surface area contributed by atoms with E-state index in [9.17, 15) is 22.4 Å². The van der Waals surface area contributed by atoms with Gasteiger partial charge in [0.2, 0.25) is 11.8 Å². The molecule has 0 bridgehead atoms. The summed E-state index contributed by atoms with van der Waals surface area (Å²) < 4.78 is 47.7. The molecule has 0 saturated carbocycles. The van der Waals surface area contributed by atoms with E-state index in [1.165, 1.54) is 4.90 Å². The van der Waals surface area contributed by atoms with Crippen LogP contribution in [-0.2, 0) is 26.0 Å². The minimum absolute atomic E-state index is 0.167. The lowest BCUT2D eigenvalue weighted by atomic mass is 10.1. The summed E-state index contributed by atoms with van der Waals surface area (Å²) in [6.07, 6.45) is 0.474. The Balaban J connectivity index is 1.97. The molecule has 1 N–H and O–H groups in total. The largest absolute Gasteiger partial charge is 0.494 e. The van der Waals surface area contributed by atoms with E-state index in [4.69, 9.17) is 4.74 Å². The van der Waals surface area contributed by atoms with Gasteiger partial charge in [0.1, 0.15) is 24.2 Å². The number of ether oxygens (including phenoxy) is 1. The summed E-state index contributed by atoms with van der Waals surface area (Å²) in [5.74, 6) is -0.694. The molecular formula is C31H38FN3O5S. The summed E-state index contributed by atoms with van der Waals surface area (Å²) in [4.78, 5) is 28.2. The molecule has 3 rings (SSSR count). The van der Waals surface area contributed by atoms with Gasteiger partial charge in [-0.3, -0.25) is 13.9 Å². The van der Waals surface area contributed by atoms with E-state index >= 15 is 0 Å². The van der Waals surface area contributed by atoms with E-state index in [0.29, 0.717) is 25.3 Å². The number of anilines is 1. The quantitative estimate of drug-likeness (QED) is 0.298.